The van der Waals surface area contributed by atoms with Gasteiger partial charge in [-0.05, 0) is 60.7 Å². The number of aromatic nitrogens is 1. The van der Waals surface area contributed by atoms with E-state index in [1.807, 2.05) is 0 Å². The summed E-state index contributed by atoms with van der Waals surface area (Å²) in [5.41, 5.74) is 3.57. The smallest absolute Gasteiger partial charge is 0.417 e. The number of carbonyl (C=O) groups is 3. The number of amides is 4. The van der Waals surface area contributed by atoms with Gasteiger partial charge in [-0.3, -0.25) is 25.4 Å². The van der Waals surface area contributed by atoms with Crippen LogP contribution < -0.4 is 26.2 Å². The summed E-state index contributed by atoms with van der Waals surface area (Å²) in [6.45, 7) is 0. The van der Waals surface area contributed by atoms with E-state index in [1.54, 1.807) is 0 Å². The van der Waals surface area contributed by atoms with Crippen LogP contribution in [0.25, 0.3) is 0 Å². The fourth-order valence-corrected chi connectivity index (χ4v) is 3.99. The van der Waals surface area contributed by atoms with Gasteiger partial charge in [0.1, 0.15) is 17.2 Å². The first-order valence-corrected chi connectivity index (χ1v) is 12.8. The Balaban J connectivity index is 1.32. The van der Waals surface area contributed by atoms with Crippen molar-refractivity contribution in [2.75, 3.05) is 10.6 Å². The number of urea groups is 1. The van der Waals surface area contributed by atoms with E-state index in [1.165, 1.54) is 66.9 Å². The summed E-state index contributed by atoms with van der Waals surface area (Å²) in [5.74, 6) is -0.860. The molecule has 0 bridgehead atoms. The van der Waals surface area contributed by atoms with E-state index in [0.29, 0.717) is 11.4 Å². The molecule has 0 fully saturated rings. The maximum absolute atomic E-state index is 13.0. The van der Waals surface area contributed by atoms with Gasteiger partial charge in [0.05, 0.1) is 26.2 Å². The van der Waals surface area contributed by atoms with Crippen molar-refractivity contribution < 1.29 is 32.3 Å². The van der Waals surface area contributed by atoms with Gasteiger partial charge in [0, 0.05) is 23.6 Å². The molecule has 0 aliphatic rings. The summed E-state index contributed by atoms with van der Waals surface area (Å²) < 4.78 is 44.8. The molecule has 3 aromatic carbocycles. The highest BCUT2D eigenvalue weighted by Gasteiger charge is 2.33. The summed E-state index contributed by atoms with van der Waals surface area (Å²) in [6, 6.07) is 15.5. The van der Waals surface area contributed by atoms with Crippen LogP contribution in [0.5, 0.6) is 11.5 Å². The molecule has 0 radical (unpaired) electrons. The fraction of sp³-hybridized carbons (Fsp3) is 0.0370. The number of halogens is 6. The average Bonchev–Trinajstić information content (AvgIpc) is 2.94. The molecule has 4 amide bonds. The number of pyridine rings is 1. The Labute approximate surface area is 250 Å². The van der Waals surface area contributed by atoms with Gasteiger partial charge in [0.25, 0.3) is 11.8 Å². The number of hydrogen-bond acceptors (Lipinski definition) is 5. The third-order valence-electron chi connectivity index (χ3n) is 5.33. The summed E-state index contributed by atoms with van der Waals surface area (Å²) in [7, 11) is 0. The molecule has 4 aromatic rings. The van der Waals surface area contributed by atoms with Crippen molar-refractivity contribution in [3.63, 3.8) is 0 Å². The summed E-state index contributed by atoms with van der Waals surface area (Å²) in [6.07, 6.45) is -3.36. The van der Waals surface area contributed by atoms with Crippen molar-refractivity contribution in [2.45, 2.75) is 6.18 Å². The molecular weight excluding hydrogens is 622 g/mol. The first kappa shape index (κ1) is 30.4. The van der Waals surface area contributed by atoms with Crippen LogP contribution in [-0.2, 0) is 6.18 Å². The molecule has 0 saturated heterocycles. The van der Waals surface area contributed by atoms with Crippen molar-refractivity contribution in [1.82, 2.24) is 15.8 Å². The normalized spacial score (nSPS) is 10.9. The zero-order valence-corrected chi connectivity index (χ0v) is 23.1. The van der Waals surface area contributed by atoms with Gasteiger partial charge in [-0.2, -0.15) is 13.2 Å². The van der Waals surface area contributed by atoms with E-state index in [9.17, 15) is 27.6 Å². The largest absolute Gasteiger partial charge is 0.457 e. The van der Waals surface area contributed by atoms with Gasteiger partial charge >= 0.3 is 12.2 Å². The number of hydrogen-bond donors (Lipinski definition) is 4. The first-order valence-electron chi connectivity index (χ1n) is 11.6. The van der Waals surface area contributed by atoms with Crippen LogP contribution >= 0.6 is 34.8 Å². The second-order valence-electron chi connectivity index (χ2n) is 8.28. The molecule has 0 atom stereocenters. The molecule has 0 saturated carbocycles. The lowest BCUT2D eigenvalue weighted by Gasteiger charge is -2.13. The molecule has 9 nitrogen and oxygen atoms in total. The zero-order chi connectivity index (χ0) is 30.4. The lowest BCUT2D eigenvalue weighted by molar-refractivity contribution is -0.137. The van der Waals surface area contributed by atoms with Gasteiger partial charge in [-0.15, -0.1) is 0 Å². The van der Waals surface area contributed by atoms with Crippen molar-refractivity contribution in [3.8, 4) is 11.5 Å². The molecular formula is C27H17Cl3F3N5O4. The molecule has 0 aliphatic heterocycles. The maximum atomic E-state index is 13.0. The lowest BCUT2D eigenvalue weighted by Crippen LogP contribution is -2.42. The quantitative estimate of drug-likeness (QED) is 0.162. The summed E-state index contributed by atoms with van der Waals surface area (Å²) >= 11 is 17.5. The number of hydrazine groups is 1. The monoisotopic (exact) mass is 637 g/mol. The number of carbonyl (C=O) groups excluding carboxylic acids is 3. The Kier molecular flexibility index (Phi) is 9.41. The molecule has 1 heterocycles. The highest BCUT2D eigenvalue weighted by Crippen LogP contribution is 2.36. The van der Waals surface area contributed by atoms with Crippen molar-refractivity contribution in [3.05, 3.63) is 111 Å². The van der Waals surface area contributed by atoms with E-state index in [2.05, 4.69) is 26.5 Å². The topological polar surface area (TPSA) is 121 Å². The number of alkyl halides is 3. The number of nitrogens with zero attached hydrogens (tertiary/aromatic N) is 1. The number of benzene rings is 3. The molecule has 42 heavy (non-hydrogen) atoms. The number of anilines is 2. The molecule has 4 N–H and O–H groups in total. The minimum absolute atomic E-state index is 0.0300. The molecule has 1 aromatic heterocycles. The third-order valence-corrected chi connectivity index (χ3v) is 6.48. The van der Waals surface area contributed by atoms with E-state index >= 15 is 0 Å². The van der Waals surface area contributed by atoms with E-state index in [-0.39, 0.29) is 32.7 Å². The van der Waals surface area contributed by atoms with Gasteiger partial charge in [0.2, 0.25) is 0 Å². The van der Waals surface area contributed by atoms with Crippen molar-refractivity contribution >= 4 is 64.0 Å². The second kappa shape index (κ2) is 13.0. The standard InChI is InChI=1S/C27H17Cl3F3N5O4/c28-20-9-6-15(12-19(20)27(31,32)33)36-26(41)35-14-4-7-16(8-5-14)42-17-10-11-34-22(13-17)25(40)38-37-24(39)18-2-1-3-21(29)23(18)30/h1-13H,(H,37,39)(H,38,40)(H2,35,36,41). The minimum atomic E-state index is -4.68. The molecule has 216 valence electrons. The van der Waals surface area contributed by atoms with Crippen LogP contribution in [0.2, 0.25) is 15.1 Å². The Morgan fingerprint density at radius 3 is 2.12 bits per heavy atom. The van der Waals surface area contributed by atoms with Crippen LogP contribution in [0.1, 0.15) is 26.4 Å². The van der Waals surface area contributed by atoms with Crippen molar-refractivity contribution in [2.24, 2.45) is 0 Å². The Morgan fingerprint density at radius 1 is 0.738 bits per heavy atom. The summed E-state index contributed by atoms with van der Waals surface area (Å²) in [4.78, 5) is 41.0. The molecule has 15 heteroatoms. The molecule has 0 unspecified atom stereocenters. The van der Waals surface area contributed by atoms with Crippen LogP contribution in [0, 0.1) is 0 Å². The highest BCUT2D eigenvalue weighted by molar-refractivity contribution is 6.43. The SMILES string of the molecule is O=C(Nc1ccc(Oc2ccnc(C(=O)NNC(=O)c3cccc(Cl)c3Cl)c2)cc1)Nc1ccc(Cl)c(C(F)(F)F)c1. The number of rotatable bonds is 6. The Hall–Kier alpha value is -4.52. The van der Waals surface area contributed by atoms with Gasteiger partial charge < -0.3 is 15.4 Å². The number of ether oxygens (including phenoxy) is 1. The predicted octanol–water partition coefficient (Wildman–Crippen LogP) is 7.57. The highest BCUT2D eigenvalue weighted by atomic mass is 35.5. The third kappa shape index (κ3) is 7.81. The van der Waals surface area contributed by atoms with Gasteiger partial charge in [-0.25, -0.2) is 4.79 Å². The van der Waals surface area contributed by atoms with Crippen LogP contribution in [-0.4, -0.2) is 22.8 Å². The second-order valence-corrected chi connectivity index (χ2v) is 9.48. The molecule has 4 rings (SSSR count). The Bertz CT molecular complexity index is 1650. The molecule has 0 aliphatic carbocycles. The predicted molar refractivity (Wildman–Crippen MR) is 151 cm³/mol. The maximum Gasteiger partial charge on any atom is 0.417 e. The zero-order valence-electron chi connectivity index (χ0n) is 20.9. The lowest BCUT2D eigenvalue weighted by atomic mass is 10.2. The van der Waals surface area contributed by atoms with Gasteiger partial charge in [-0.1, -0.05) is 40.9 Å². The van der Waals surface area contributed by atoms with Crippen LogP contribution in [0.15, 0.2) is 79.0 Å². The van der Waals surface area contributed by atoms with Gasteiger partial charge in [0.15, 0.2) is 0 Å². The minimum Gasteiger partial charge on any atom is -0.457 e. The first-order chi connectivity index (χ1) is 19.9. The average molecular weight is 639 g/mol. The number of nitrogens with one attached hydrogen (secondary N) is 4. The summed E-state index contributed by atoms with van der Waals surface area (Å²) in [5, 5.41) is 4.51. The van der Waals surface area contributed by atoms with Crippen LogP contribution in [0.4, 0.5) is 29.3 Å². The Morgan fingerprint density at radius 2 is 1.40 bits per heavy atom. The molecule has 0 spiro atoms. The van der Waals surface area contributed by atoms with E-state index < -0.39 is 34.6 Å². The fourth-order valence-electron chi connectivity index (χ4n) is 3.38. The van der Waals surface area contributed by atoms with Crippen molar-refractivity contribution in [1.29, 1.82) is 0 Å². The van der Waals surface area contributed by atoms with E-state index in [0.717, 1.165) is 12.1 Å². The van der Waals surface area contributed by atoms with E-state index in [4.69, 9.17) is 39.5 Å². The van der Waals surface area contributed by atoms with Crippen LogP contribution in [0.3, 0.4) is 0 Å².